The molecular formula is C21H24N2O3. The maximum atomic E-state index is 12.4. The van der Waals surface area contributed by atoms with Crippen LogP contribution in [0.4, 0.5) is 5.69 Å². The maximum Gasteiger partial charge on any atom is 0.347 e. The Hall–Kier alpha value is -2.82. The Bertz CT molecular complexity index is 1020. The number of nitrogens with zero attached hydrogens (tertiary/aromatic N) is 2. The highest BCUT2D eigenvalue weighted by molar-refractivity contribution is 6.22. The number of rotatable bonds is 2. The van der Waals surface area contributed by atoms with Gasteiger partial charge in [-0.1, -0.05) is 5.57 Å². The molecule has 0 bridgehead atoms. The highest BCUT2D eigenvalue weighted by Crippen LogP contribution is 2.38. The second kappa shape index (κ2) is 6.16. The standard InChI is InChI=1S/C21H24N2O3/c1-11(2)17-19(21(25)26-20(17)24)12(3)18-13(4)23(7)16-9-8-14(22(5)6)10-15(16)18/h8-10H,1-7H3. The third-order valence-corrected chi connectivity index (χ3v) is 5.09. The molecule has 0 N–H and O–H groups in total. The van der Waals surface area contributed by atoms with Crippen LogP contribution in [0.2, 0.25) is 0 Å². The van der Waals surface area contributed by atoms with E-state index in [1.54, 1.807) is 0 Å². The van der Waals surface area contributed by atoms with E-state index in [0.29, 0.717) is 11.1 Å². The van der Waals surface area contributed by atoms with Gasteiger partial charge in [-0.25, -0.2) is 9.59 Å². The molecule has 0 amide bonds. The highest BCUT2D eigenvalue weighted by Gasteiger charge is 2.36. The summed E-state index contributed by atoms with van der Waals surface area (Å²) in [6.07, 6.45) is 0. The lowest BCUT2D eigenvalue weighted by molar-refractivity contribution is -0.149. The molecule has 0 radical (unpaired) electrons. The zero-order valence-corrected chi connectivity index (χ0v) is 16.4. The van der Waals surface area contributed by atoms with Gasteiger partial charge in [-0.2, -0.15) is 0 Å². The van der Waals surface area contributed by atoms with E-state index >= 15 is 0 Å². The molecule has 2 aromatic rings. The lowest BCUT2D eigenvalue weighted by Gasteiger charge is -2.13. The van der Waals surface area contributed by atoms with Crippen molar-refractivity contribution in [2.45, 2.75) is 27.7 Å². The van der Waals surface area contributed by atoms with Crippen molar-refractivity contribution in [2.75, 3.05) is 19.0 Å². The van der Waals surface area contributed by atoms with Gasteiger partial charge >= 0.3 is 11.9 Å². The number of cyclic esters (lactones) is 2. The molecule has 1 aliphatic rings. The predicted molar refractivity (Wildman–Crippen MR) is 104 cm³/mol. The van der Waals surface area contributed by atoms with Crippen molar-refractivity contribution in [3.8, 4) is 0 Å². The van der Waals surface area contributed by atoms with E-state index in [-0.39, 0.29) is 0 Å². The molecule has 5 heteroatoms. The molecule has 1 saturated heterocycles. The predicted octanol–water partition coefficient (Wildman–Crippen LogP) is 3.75. The molecule has 0 spiro atoms. The minimum Gasteiger partial charge on any atom is -0.386 e. The molecule has 3 rings (SSSR count). The van der Waals surface area contributed by atoms with Gasteiger partial charge in [0.15, 0.2) is 0 Å². The summed E-state index contributed by atoms with van der Waals surface area (Å²) in [4.78, 5) is 26.6. The van der Waals surface area contributed by atoms with Gasteiger partial charge in [0, 0.05) is 49.0 Å². The number of hydrogen-bond donors (Lipinski definition) is 0. The number of anilines is 1. The van der Waals surface area contributed by atoms with E-state index in [0.717, 1.165) is 39.0 Å². The summed E-state index contributed by atoms with van der Waals surface area (Å²) in [6.45, 7) is 7.56. The van der Waals surface area contributed by atoms with Crippen LogP contribution in [-0.2, 0) is 21.4 Å². The van der Waals surface area contributed by atoms with Crippen molar-refractivity contribution < 1.29 is 14.3 Å². The molecule has 0 atom stereocenters. The number of ether oxygens (including phenoxy) is 1. The lowest BCUT2D eigenvalue weighted by Crippen LogP contribution is -2.08. The second-order valence-electron chi connectivity index (χ2n) is 7.17. The first-order chi connectivity index (χ1) is 12.1. The molecule has 136 valence electrons. The van der Waals surface area contributed by atoms with Crippen LogP contribution in [0.3, 0.4) is 0 Å². The lowest BCUT2D eigenvalue weighted by atomic mass is 9.93. The summed E-state index contributed by atoms with van der Waals surface area (Å²) >= 11 is 0. The van der Waals surface area contributed by atoms with Gasteiger partial charge in [0.1, 0.15) is 0 Å². The third-order valence-electron chi connectivity index (χ3n) is 5.09. The first-order valence-electron chi connectivity index (χ1n) is 8.57. The fraction of sp³-hybridized carbons (Fsp3) is 0.333. The van der Waals surface area contributed by atoms with Crippen LogP contribution in [0, 0.1) is 6.92 Å². The zero-order valence-electron chi connectivity index (χ0n) is 16.4. The van der Waals surface area contributed by atoms with Gasteiger partial charge < -0.3 is 14.2 Å². The normalized spacial score (nSPS) is 16.3. The van der Waals surface area contributed by atoms with E-state index in [1.165, 1.54) is 0 Å². The summed E-state index contributed by atoms with van der Waals surface area (Å²) in [6, 6.07) is 6.27. The van der Waals surface area contributed by atoms with Gasteiger partial charge in [-0.3, -0.25) is 0 Å². The SMILES string of the molecule is CC(C)=C1C(=O)OC(=O)C1=C(C)c1c(C)n(C)c2ccc(N(C)C)cc12. The van der Waals surface area contributed by atoms with Gasteiger partial charge in [0.2, 0.25) is 0 Å². The average Bonchev–Trinajstić information content (AvgIpc) is 3.00. The molecule has 0 aliphatic carbocycles. The third kappa shape index (κ3) is 2.55. The molecular weight excluding hydrogens is 328 g/mol. The van der Waals surface area contributed by atoms with Crippen LogP contribution < -0.4 is 4.90 Å². The van der Waals surface area contributed by atoms with E-state index < -0.39 is 11.9 Å². The molecule has 5 nitrogen and oxygen atoms in total. The van der Waals surface area contributed by atoms with Crippen LogP contribution in [0.1, 0.15) is 32.0 Å². The number of esters is 2. The van der Waals surface area contributed by atoms with Gasteiger partial charge in [-0.05, 0) is 51.5 Å². The number of benzene rings is 1. The molecule has 1 aromatic carbocycles. The molecule has 1 aromatic heterocycles. The van der Waals surface area contributed by atoms with Gasteiger partial charge in [0.25, 0.3) is 0 Å². The Balaban J connectivity index is 2.39. The van der Waals surface area contributed by atoms with E-state index in [9.17, 15) is 9.59 Å². The minimum atomic E-state index is -0.566. The number of aromatic nitrogens is 1. The maximum absolute atomic E-state index is 12.4. The quantitative estimate of drug-likeness (QED) is 0.469. The van der Waals surface area contributed by atoms with Crippen molar-refractivity contribution in [2.24, 2.45) is 7.05 Å². The number of allylic oxidation sites excluding steroid dienone is 2. The molecule has 0 unspecified atom stereocenters. The van der Waals surface area contributed by atoms with Gasteiger partial charge in [0.05, 0.1) is 11.1 Å². The largest absolute Gasteiger partial charge is 0.386 e. The van der Waals surface area contributed by atoms with E-state index in [4.69, 9.17) is 4.74 Å². The molecule has 0 saturated carbocycles. The first kappa shape index (κ1) is 18.0. The molecule has 1 fully saturated rings. The number of hydrogen-bond acceptors (Lipinski definition) is 4. The zero-order chi connectivity index (χ0) is 19.3. The summed E-state index contributed by atoms with van der Waals surface area (Å²) in [7, 11) is 6.00. The van der Waals surface area contributed by atoms with E-state index in [2.05, 4.69) is 22.8 Å². The Morgan fingerprint density at radius 3 is 2.23 bits per heavy atom. The molecule has 2 heterocycles. The monoisotopic (exact) mass is 352 g/mol. The number of carbonyl (C=O) groups is 2. The Kier molecular flexibility index (Phi) is 4.26. The van der Waals surface area contributed by atoms with Crippen LogP contribution in [0.5, 0.6) is 0 Å². The van der Waals surface area contributed by atoms with E-state index in [1.807, 2.05) is 53.7 Å². The van der Waals surface area contributed by atoms with Crippen molar-refractivity contribution in [1.29, 1.82) is 0 Å². The summed E-state index contributed by atoms with van der Waals surface area (Å²) in [5.74, 6) is -1.12. The highest BCUT2D eigenvalue weighted by atomic mass is 16.6. The summed E-state index contributed by atoms with van der Waals surface area (Å²) < 4.78 is 7.01. The fourth-order valence-electron chi connectivity index (χ4n) is 3.62. The van der Waals surface area contributed by atoms with Crippen molar-refractivity contribution in [3.63, 3.8) is 0 Å². The number of carbonyl (C=O) groups excluding carboxylic acids is 2. The summed E-state index contributed by atoms with van der Waals surface area (Å²) in [5, 5.41) is 1.06. The Morgan fingerprint density at radius 2 is 1.65 bits per heavy atom. The minimum absolute atomic E-state index is 0.376. The van der Waals surface area contributed by atoms with Crippen molar-refractivity contribution in [1.82, 2.24) is 4.57 Å². The smallest absolute Gasteiger partial charge is 0.347 e. The van der Waals surface area contributed by atoms with Crippen molar-refractivity contribution in [3.05, 3.63) is 46.2 Å². The average molecular weight is 352 g/mol. The fourth-order valence-corrected chi connectivity index (χ4v) is 3.62. The Labute approximate surface area is 153 Å². The van der Waals surface area contributed by atoms with Crippen molar-refractivity contribution >= 4 is 34.1 Å². The number of fused-ring (bicyclic) bond motifs is 1. The van der Waals surface area contributed by atoms with Crippen LogP contribution in [0.15, 0.2) is 34.9 Å². The summed E-state index contributed by atoms with van der Waals surface area (Å²) in [5.41, 5.74) is 6.49. The first-order valence-corrected chi connectivity index (χ1v) is 8.57. The Morgan fingerprint density at radius 1 is 1.04 bits per heavy atom. The van der Waals surface area contributed by atoms with Crippen LogP contribution >= 0.6 is 0 Å². The second-order valence-corrected chi connectivity index (χ2v) is 7.17. The molecule has 26 heavy (non-hydrogen) atoms. The topological polar surface area (TPSA) is 51.5 Å². The number of aryl methyl sites for hydroxylation is 1. The van der Waals surface area contributed by atoms with Crippen LogP contribution in [-0.4, -0.2) is 30.6 Å². The van der Waals surface area contributed by atoms with Crippen LogP contribution in [0.25, 0.3) is 16.5 Å². The van der Waals surface area contributed by atoms with Gasteiger partial charge in [-0.15, -0.1) is 0 Å². The molecule has 1 aliphatic heterocycles.